The molecule has 0 bridgehead atoms. The number of hydroxylamine groups is 1. The Labute approximate surface area is 92.4 Å². The van der Waals surface area contributed by atoms with Crippen LogP contribution in [0.1, 0.15) is 30.8 Å². The highest BCUT2D eigenvalue weighted by Crippen LogP contribution is 2.12. The van der Waals surface area contributed by atoms with E-state index >= 15 is 0 Å². The van der Waals surface area contributed by atoms with Gasteiger partial charge in [-0.1, -0.05) is 13.8 Å². The van der Waals surface area contributed by atoms with Crippen LogP contribution in [0.25, 0.3) is 0 Å². The van der Waals surface area contributed by atoms with Gasteiger partial charge >= 0.3 is 0 Å². The lowest BCUT2D eigenvalue weighted by Gasteiger charge is -2.08. The number of aryl methyl sites for hydroxylation is 1. The predicted octanol–water partition coefficient (Wildman–Crippen LogP) is 2.32. The van der Waals surface area contributed by atoms with Gasteiger partial charge in [-0.25, -0.2) is 0 Å². The molecule has 0 fully saturated rings. The summed E-state index contributed by atoms with van der Waals surface area (Å²) in [7, 11) is 2.09. The molecule has 1 aromatic rings. The summed E-state index contributed by atoms with van der Waals surface area (Å²) in [6.45, 7) is 10.1. The number of hydrogen-bond donors (Lipinski definition) is 1. The van der Waals surface area contributed by atoms with Crippen molar-refractivity contribution in [3.63, 3.8) is 0 Å². The van der Waals surface area contributed by atoms with Crippen LogP contribution in [-0.2, 0) is 18.4 Å². The van der Waals surface area contributed by atoms with E-state index in [1.54, 1.807) is 0 Å². The molecule has 86 valence electrons. The topological polar surface area (TPSA) is 26.2 Å². The Morgan fingerprint density at radius 2 is 2.07 bits per heavy atom. The first kappa shape index (κ1) is 12.3. The molecule has 1 rings (SSSR count). The lowest BCUT2D eigenvalue weighted by atomic mass is 10.2. The molecule has 1 N–H and O–H groups in total. The Balaban J connectivity index is 2.41. The van der Waals surface area contributed by atoms with Crippen molar-refractivity contribution >= 4 is 0 Å². The summed E-state index contributed by atoms with van der Waals surface area (Å²) >= 11 is 0. The molecule has 1 heterocycles. The summed E-state index contributed by atoms with van der Waals surface area (Å²) < 4.78 is 2.19. The Kier molecular flexibility index (Phi) is 4.36. The molecule has 0 unspecified atom stereocenters. The maximum absolute atomic E-state index is 5.34. The van der Waals surface area contributed by atoms with Gasteiger partial charge in [0.1, 0.15) is 0 Å². The van der Waals surface area contributed by atoms with Crippen molar-refractivity contribution in [2.45, 2.75) is 34.2 Å². The fourth-order valence-electron chi connectivity index (χ4n) is 1.47. The van der Waals surface area contributed by atoms with E-state index in [0.717, 1.165) is 13.2 Å². The standard InChI is InChI=1S/C12H22N2O/c1-9(2)8-15-13-7-12-6-10(3)14(5)11(12)4/h6,9,13H,7-8H2,1-5H3. The van der Waals surface area contributed by atoms with Crippen molar-refractivity contribution in [2.24, 2.45) is 13.0 Å². The lowest BCUT2D eigenvalue weighted by Crippen LogP contribution is -2.17. The van der Waals surface area contributed by atoms with Crippen LogP contribution in [0.15, 0.2) is 6.07 Å². The van der Waals surface area contributed by atoms with Crippen LogP contribution in [0, 0.1) is 19.8 Å². The zero-order valence-corrected chi connectivity index (χ0v) is 10.4. The highest BCUT2D eigenvalue weighted by Gasteiger charge is 2.05. The summed E-state index contributed by atoms with van der Waals surface area (Å²) in [5.41, 5.74) is 6.89. The minimum absolute atomic E-state index is 0.566. The van der Waals surface area contributed by atoms with Gasteiger partial charge in [-0.2, -0.15) is 5.48 Å². The molecule has 0 aliphatic rings. The molecule has 0 radical (unpaired) electrons. The van der Waals surface area contributed by atoms with Gasteiger partial charge in [0, 0.05) is 25.0 Å². The zero-order valence-electron chi connectivity index (χ0n) is 10.4. The Morgan fingerprint density at radius 1 is 1.40 bits per heavy atom. The van der Waals surface area contributed by atoms with E-state index in [4.69, 9.17) is 4.84 Å². The molecule has 3 heteroatoms. The molecule has 0 aliphatic heterocycles. The minimum Gasteiger partial charge on any atom is -0.352 e. The quantitative estimate of drug-likeness (QED) is 0.596. The molecule has 15 heavy (non-hydrogen) atoms. The normalized spacial score (nSPS) is 11.3. The third kappa shape index (κ3) is 3.36. The summed E-state index contributed by atoms with van der Waals surface area (Å²) in [6, 6.07) is 2.20. The Hall–Kier alpha value is -0.800. The van der Waals surface area contributed by atoms with Crippen molar-refractivity contribution in [1.82, 2.24) is 10.0 Å². The van der Waals surface area contributed by atoms with Crippen LogP contribution in [-0.4, -0.2) is 11.2 Å². The smallest absolute Gasteiger partial charge is 0.0705 e. The van der Waals surface area contributed by atoms with E-state index in [0.29, 0.717) is 5.92 Å². The Bertz CT molecular complexity index is 316. The number of aromatic nitrogens is 1. The summed E-state index contributed by atoms with van der Waals surface area (Å²) in [5, 5.41) is 0. The van der Waals surface area contributed by atoms with E-state index in [9.17, 15) is 0 Å². The molecular weight excluding hydrogens is 188 g/mol. The second kappa shape index (κ2) is 5.33. The van der Waals surface area contributed by atoms with Crippen LogP contribution in [0.2, 0.25) is 0 Å². The van der Waals surface area contributed by atoms with E-state index in [2.05, 4.69) is 50.9 Å². The van der Waals surface area contributed by atoms with Crippen LogP contribution in [0.5, 0.6) is 0 Å². The van der Waals surface area contributed by atoms with Gasteiger partial charge in [-0.05, 0) is 31.4 Å². The minimum atomic E-state index is 0.566. The van der Waals surface area contributed by atoms with Gasteiger partial charge in [0.2, 0.25) is 0 Å². The molecule has 3 nitrogen and oxygen atoms in total. The maximum atomic E-state index is 5.34. The van der Waals surface area contributed by atoms with Gasteiger partial charge in [0.15, 0.2) is 0 Å². The average Bonchev–Trinajstić information content (AvgIpc) is 2.41. The van der Waals surface area contributed by atoms with Crippen LogP contribution in [0.4, 0.5) is 0 Å². The molecule has 0 spiro atoms. The Morgan fingerprint density at radius 3 is 2.53 bits per heavy atom. The van der Waals surface area contributed by atoms with Gasteiger partial charge < -0.3 is 9.40 Å². The average molecular weight is 210 g/mol. The van der Waals surface area contributed by atoms with Gasteiger partial charge in [-0.3, -0.25) is 0 Å². The van der Waals surface area contributed by atoms with Gasteiger partial charge in [0.25, 0.3) is 0 Å². The molecule has 0 aromatic carbocycles. The highest BCUT2D eigenvalue weighted by atomic mass is 16.6. The van der Waals surface area contributed by atoms with Crippen LogP contribution < -0.4 is 5.48 Å². The van der Waals surface area contributed by atoms with Crippen molar-refractivity contribution < 1.29 is 4.84 Å². The van der Waals surface area contributed by atoms with Crippen molar-refractivity contribution in [3.05, 3.63) is 23.0 Å². The number of nitrogens with zero attached hydrogens (tertiary/aromatic N) is 1. The second-order valence-electron chi connectivity index (χ2n) is 4.48. The summed E-state index contributed by atoms with van der Waals surface area (Å²) in [6.07, 6.45) is 0. The highest BCUT2D eigenvalue weighted by molar-refractivity contribution is 5.25. The molecule has 1 aromatic heterocycles. The molecule has 0 atom stereocenters. The third-order valence-electron chi connectivity index (χ3n) is 2.66. The number of hydrogen-bond acceptors (Lipinski definition) is 2. The van der Waals surface area contributed by atoms with E-state index < -0.39 is 0 Å². The molecule has 0 saturated carbocycles. The molecule has 0 aliphatic carbocycles. The third-order valence-corrected chi connectivity index (χ3v) is 2.66. The number of nitrogens with one attached hydrogen (secondary N) is 1. The fourth-order valence-corrected chi connectivity index (χ4v) is 1.47. The molecular formula is C12H22N2O. The number of rotatable bonds is 5. The van der Waals surface area contributed by atoms with Crippen LogP contribution in [0.3, 0.4) is 0 Å². The first-order chi connectivity index (χ1) is 7.02. The largest absolute Gasteiger partial charge is 0.352 e. The van der Waals surface area contributed by atoms with Gasteiger partial charge in [-0.15, -0.1) is 0 Å². The summed E-state index contributed by atoms with van der Waals surface area (Å²) in [5.74, 6) is 0.566. The van der Waals surface area contributed by atoms with E-state index in [-0.39, 0.29) is 0 Å². The van der Waals surface area contributed by atoms with Gasteiger partial charge in [0.05, 0.1) is 6.61 Å². The van der Waals surface area contributed by atoms with E-state index in [1.807, 2.05) is 0 Å². The predicted molar refractivity (Wildman–Crippen MR) is 62.5 cm³/mol. The molecule has 0 saturated heterocycles. The first-order valence-electron chi connectivity index (χ1n) is 5.48. The van der Waals surface area contributed by atoms with Crippen molar-refractivity contribution in [1.29, 1.82) is 0 Å². The SMILES string of the molecule is Cc1cc(CNOCC(C)C)c(C)n1C. The molecule has 0 amide bonds. The summed E-state index contributed by atoms with van der Waals surface area (Å²) in [4.78, 5) is 5.34. The van der Waals surface area contributed by atoms with Crippen LogP contribution >= 0.6 is 0 Å². The second-order valence-corrected chi connectivity index (χ2v) is 4.48. The lowest BCUT2D eigenvalue weighted by molar-refractivity contribution is 0.0195. The first-order valence-corrected chi connectivity index (χ1v) is 5.48. The van der Waals surface area contributed by atoms with Crippen molar-refractivity contribution in [3.8, 4) is 0 Å². The fraction of sp³-hybridized carbons (Fsp3) is 0.667. The maximum Gasteiger partial charge on any atom is 0.0705 e. The monoisotopic (exact) mass is 210 g/mol. The van der Waals surface area contributed by atoms with E-state index in [1.165, 1.54) is 17.0 Å². The zero-order chi connectivity index (χ0) is 11.4. The van der Waals surface area contributed by atoms with Crippen molar-refractivity contribution in [2.75, 3.05) is 6.61 Å².